The Kier molecular flexibility index (Phi) is 8.16. The second-order valence-electron chi connectivity index (χ2n) is 7.85. The van der Waals surface area contributed by atoms with Gasteiger partial charge in [0.1, 0.15) is 11.5 Å². The molecular formula is C23H29N3O6S. The van der Waals surface area contributed by atoms with Gasteiger partial charge in [-0.05, 0) is 43.2 Å². The molecule has 0 radical (unpaired) electrons. The quantitative estimate of drug-likeness (QED) is 0.576. The Bertz CT molecular complexity index is 1070. The van der Waals surface area contributed by atoms with Crippen LogP contribution in [0.25, 0.3) is 0 Å². The second kappa shape index (κ2) is 11.0. The molecule has 0 unspecified atom stereocenters. The van der Waals surface area contributed by atoms with Gasteiger partial charge in [-0.2, -0.15) is 0 Å². The summed E-state index contributed by atoms with van der Waals surface area (Å²) in [7, 11) is -2.07. The molecule has 1 aliphatic rings. The number of sulfonamides is 1. The highest BCUT2D eigenvalue weighted by atomic mass is 32.2. The van der Waals surface area contributed by atoms with E-state index >= 15 is 0 Å². The minimum absolute atomic E-state index is 0.0106. The zero-order valence-corrected chi connectivity index (χ0v) is 19.6. The van der Waals surface area contributed by atoms with Gasteiger partial charge in [0.15, 0.2) is 0 Å². The fraction of sp³-hybridized carbons (Fsp3) is 0.391. The van der Waals surface area contributed by atoms with Gasteiger partial charge in [0, 0.05) is 24.7 Å². The molecule has 2 aromatic rings. The number of amides is 2. The summed E-state index contributed by atoms with van der Waals surface area (Å²) in [6.07, 6.45) is 2.44. The summed E-state index contributed by atoms with van der Waals surface area (Å²) in [4.78, 5) is 26.9. The van der Waals surface area contributed by atoms with Gasteiger partial charge in [-0.3, -0.25) is 14.3 Å². The second-order valence-corrected chi connectivity index (χ2v) is 9.59. The van der Waals surface area contributed by atoms with Gasteiger partial charge in [0.2, 0.25) is 21.8 Å². The van der Waals surface area contributed by atoms with Crippen molar-refractivity contribution < 1.29 is 27.5 Å². The van der Waals surface area contributed by atoms with E-state index in [-0.39, 0.29) is 29.8 Å². The number of anilines is 2. The van der Waals surface area contributed by atoms with Crippen LogP contribution in [0.1, 0.15) is 19.3 Å². The molecule has 2 aromatic carbocycles. The minimum Gasteiger partial charge on any atom is -0.495 e. The number of methoxy groups -OCH3 is 1. The summed E-state index contributed by atoms with van der Waals surface area (Å²) >= 11 is 0. The molecule has 1 fully saturated rings. The highest BCUT2D eigenvalue weighted by molar-refractivity contribution is 7.92. The van der Waals surface area contributed by atoms with Crippen molar-refractivity contribution in [3.63, 3.8) is 0 Å². The van der Waals surface area contributed by atoms with Crippen LogP contribution < -0.4 is 19.5 Å². The summed E-state index contributed by atoms with van der Waals surface area (Å²) in [6, 6.07) is 14.1. The van der Waals surface area contributed by atoms with Crippen molar-refractivity contribution in [1.29, 1.82) is 0 Å². The standard InChI is InChI=1S/C23H29N3O6S/c1-31-21-9-8-18(16-20(21)25-33(2,29)30)24-23(28)17-10-13-26(14-11-17)22(27)12-15-32-19-6-4-3-5-7-19/h3-9,16-17,25H,10-15H2,1-2H3,(H,24,28). The molecule has 178 valence electrons. The maximum absolute atomic E-state index is 12.7. The number of hydrogen-bond acceptors (Lipinski definition) is 6. The molecule has 0 spiro atoms. The topological polar surface area (TPSA) is 114 Å². The molecule has 0 bridgehead atoms. The van der Waals surface area contributed by atoms with Crippen LogP contribution in [-0.4, -0.2) is 58.2 Å². The van der Waals surface area contributed by atoms with E-state index in [4.69, 9.17) is 9.47 Å². The minimum atomic E-state index is -3.50. The van der Waals surface area contributed by atoms with Crippen LogP contribution in [0.5, 0.6) is 11.5 Å². The number of ether oxygens (including phenoxy) is 2. The SMILES string of the molecule is COc1ccc(NC(=O)C2CCN(C(=O)CCOc3ccccc3)CC2)cc1NS(C)(=O)=O. The van der Waals surface area contributed by atoms with Gasteiger partial charge in [0.05, 0.1) is 32.1 Å². The van der Waals surface area contributed by atoms with Crippen molar-refractivity contribution in [3.8, 4) is 11.5 Å². The Morgan fingerprint density at radius 2 is 1.79 bits per heavy atom. The van der Waals surface area contributed by atoms with Crippen molar-refractivity contribution in [1.82, 2.24) is 4.90 Å². The van der Waals surface area contributed by atoms with Gasteiger partial charge >= 0.3 is 0 Å². The van der Waals surface area contributed by atoms with E-state index in [1.54, 1.807) is 17.0 Å². The number of piperidine rings is 1. The molecule has 1 aliphatic heterocycles. The van der Waals surface area contributed by atoms with E-state index in [0.29, 0.717) is 44.0 Å². The number of carbonyl (C=O) groups is 2. The molecule has 0 aliphatic carbocycles. The fourth-order valence-corrected chi connectivity index (χ4v) is 4.19. The van der Waals surface area contributed by atoms with Gasteiger partial charge in [0.25, 0.3) is 0 Å². The first-order valence-electron chi connectivity index (χ1n) is 10.7. The summed E-state index contributed by atoms with van der Waals surface area (Å²) in [5, 5.41) is 2.83. The number of rotatable bonds is 9. The third-order valence-electron chi connectivity index (χ3n) is 5.31. The number of nitrogens with zero attached hydrogens (tertiary/aromatic N) is 1. The molecule has 9 nitrogen and oxygen atoms in total. The molecule has 2 amide bonds. The van der Waals surface area contributed by atoms with Crippen molar-refractivity contribution in [2.75, 3.05) is 43.1 Å². The highest BCUT2D eigenvalue weighted by Crippen LogP contribution is 2.29. The lowest BCUT2D eigenvalue weighted by molar-refractivity contribution is -0.135. The summed E-state index contributed by atoms with van der Waals surface area (Å²) in [5.41, 5.74) is 0.708. The van der Waals surface area contributed by atoms with E-state index in [0.717, 1.165) is 12.0 Å². The zero-order valence-electron chi connectivity index (χ0n) is 18.7. The maximum Gasteiger partial charge on any atom is 0.229 e. The number of carbonyl (C=O) groups excluding carboxylic acids is 2. The van der Waals surface area contributed by atoms with E-state index in [9.17, 15) is 18.0 Å². The van der Waals surface area contributed by atoms with Crippen LogP contribution in [0, 0.1) is 5.92 Å². The zero-order chi connectivity index (χ0) is 23.8. The van der Waals surface area contributed by atoms with Crippen LogP contribution >= 0.6 is 0 Å². The number of para-hydroxylation sites is 1. The van der Waals surface area contributed by atoms with Crippen molar-refractivity contribution >= 4 is 33.2 Å². The Hall–Kier alpha value is -3.27. The first-order valence-corrected chi connectivity index (χ1v) is 12.6. The summed E-state index contributed by atoms with van der Waals surface area (Å²) in [5.74, 6) is 0.694. The Morgan fingerprint density at radius 1 is 1.09 bits per heavy atom. The first kappa shape index (κ1) is 24.4. The average Bonchev–Trinajstić information content (AvgIpc) is 2.79. The Labute approximate surface area is 194 Å². The Balaban J connectivity index is 1.48. The van der Waals surface area contributed by atoms with Crippen LogP contribution in [0.4, 0.5) is 11.4 Å². The van der Waals surface area contributed by atoms with E-state index in [1.165, 1.54) is 13.2 Å². The summed E-state index contributed by atoms with van der Waals surface area (Å²) in [6.45, 7) is 1.32. The largest absolute Gasteiger partial charge is 0.495 e. The van der Waals surface area contributed by atoms with E-state index in [1.807, 2.05) is 30.3 Å². The first-order chi connectivity index (χ1) is 15.7. The van der Waals surface area contributed by atoms with E-state index in [2.05, 4.69) is 10.0 Å². The van der Waals surface area contributed by atoms with Gasteiger partial charge in [-0.1, -0.05) is 18.2 Å². The molecule has 0 aromatic heterocycles. The van der Waals surface area contributed by atoms with Gasteiger partial charge in [-0.15, -0.1) is 0 Å². The molecule has 10 heteroatoms. The molecule has 3 rings (SSSR count). The van der Waals surface area contributed by atoms with Gasteiger partial charge < -0.3 is 19.7 Å². The third-order valence-corrected chi connectivity index (χ3v) is 5.90. The highest BCUT2D eigenvalue weighted by Gasteiger charge is 2.27. The lowest BCUT2D eigenvalue weighted by atomic mass is 9.95. The van der Waals surface area contributed by atoms with Crippen LogP contribution in [-0.2, 0) is 19.6 Å². The maximum atomic E-state index is 12.7. The number of nitrogens with one attached hydrogen (secondary N) is 2. The molecule has 1 heterocycles. The van der Waals surface area contributed by atoms with Crippen molar-refractivity contribution in [3.05, 3.63) is 48.5 Å². The predicted octanol–water partition coefficient (Wildman–Crippen LogP) is 2.71. The molecular weight excluding hydrogens is 446 g/mol. The number of hydrogen-bond donors (Lipinski definition) is 2. The monoisotopic (exact) mass is 475 g/mol. The molecule has 1 saturated heterocycles. The molecule has 2 N–H and O–H groups in total. The molecule has 0 saturated carbocycles. The van der Waals surface area contributed by atoms with Crippen molar-refractivity contribution in [2.45, 2.75) is 19.3 Å². The average molecular weight is 476 g/mol. The number of benzene rings is 2. The molecule has 33 heavy (non-hydrogen) atoms. The third kappa shape index (κ3) is 7.38. The van der Waals surface area contributed by atoms with Crippen LogP contribution in [0.2, 0.25) is 0 Å². The molecule has 0 atom stereocenters. The normalized spacial score (nSPS) is 14.4. The Morgan fingerprint density at radius 3 is 2.42 bits per heavy atom. The number of likely N-dealkylation sites (tertiary alicyclic amines) is 1. The lowest BCUT2D eigenvalue weighted by Gasteiger charge is -2.31. The lowest BCUT2D eigenvalue weighted by Crippen LogP contribution is -2.41. The smallest absolute Gasteiger partial charge is 0.229 e. The summed E-state index contributed by atoms with van der Waals surface area (Å²) < 4.78 is 36.3. The van der Waals surface area contributed by atoms with Gasteiger partial charge in [-0.25, -0.2) is 8.42 Å². The van der Waals surface area contributed by atoms with Crippen molar-refractivity contribution in [2.24, 2.45) is 5.92 Å². The predicted molar refractivity (Wildman–Crippen MR) is 126 cm³/mol. The van der Waals surface area contributed by atoms with Crippen LogP contribution in [0.3, 0.4) is 0 Å². The van der Waals surface area contributed by atoms with E-state index < -0.39 is 10.0 Å². The fourth-order valence-electron chi connectivity index (χ4n) is 3.63. The van der Waals surface area contributed by atoms with Crippen LogP contribution in [0.15, 0.2) is 48.5 Å².